The van der Waals surface area contributed by atoms with Crippen LogP contribution < -0.4 is 4.74 Å². The summed E-state index contributed by atoms with van der Waals surface area (Å²) in [4.78, 5) is 0.332. The molecule has 1 atom stereocenters. The van der Waals surface area contributed by atoms with Gasteiger partial charge in [-0.05, 0) is 37.0 Å². The van der Waals surface area contributed by atoms with E-state index in [1.165, 1.54) is 5.56 Å². The normalized spacial score (nSPS) is 19.0. The van der Waals surface area contributed by atoms with Crippen LogP contribution in [0.5, 0.6) is 5.75 Å². The maximum Gasteiger partial charge on any atom is 0.123 e. The molecule has 0 spiro atoms. The molecule has 2 rings (SSSR count). The first-order chi connectivity index (χ1) is 8.22. The second kappa shape index (κ2) is 6.21. The van der Waals surface area contributed by atoms with Crippen molar-refractivity contribution in [2.75, 3.05) is 20.3 Å². The van der Waals surface area contributed by atoms with Gasteiger partial charge in [-0.1, -0.05) is 31.9 Å². The van der Waals surface area contributed by atoms with E-state index in [1.807, 2.05) is 12.1 Å². The van der Waals surface area contributed by atoms with Crippen LogP contribution in [-0.2, 0) is 4.74 Å². The second-order valence-corrected chi connectivity index (χ2v) is 6.14. The van der Waals surface area contributed by atoms with Gasteiger partial charge in [0.15, 0.2) is 0 Å². The molecule has 0 bridgehead atoms. The maximum atomic E-state index is 5.43. The molecule has 1 aromatic carbocycles. The van der Waals surface area contributed by atoms with Crippen molar-refractivity contribution in [3.05, 3.63) is 28.2 Å². The predicted molar refractivity (Wildman–Crippen MR) is 75.9 cm³/mol. The Balaban J connectivity index is 2.21. The third-order valence-electron chi connectivity index (χ3n) is 3.17. The summed E-state index contributed by atoms with van der Waals surface area (Å²) >= 11 is 7.33. The number of methoxy groups -OCH3 is 1. The van der Waals surface area contributed by atoms with Crippen LogP contribution in [0.1, 0.15) is 23.2 Å². The lowest BCUT2D eigenvalue weighted by Gasteiger charge is -2.27. The molecule has 0 N–H and O–H groups in total. The highest BCUT2D eigenvalue weighted by Crippen LogP contribution is 2.41. The molecule has 0 aromatic heterocycles. The van der Waals surface area contributed by atoms with Crippen LogP contribution in [0.15, 0.2) is 22.7 Å². The average molecular weight is 364 g/mol. The Bertz CT molecular complexity index is 376. The largest absolute Gasteiger partial charge is 0.496 e. The van der Waals surface area contributed by atoms with Gasteiger partial charge in [0.1, 0.15) is 5.75 Å². The van der Waals surface area contributed by atoms with Gasteiger partial charge >= 0.3 is 0 Å². The Morgan fingerprint density at radius 2 is 2.06 bits per heavy atom. The van der Waals surface area contributed by atoms with Gasteiger partial charge in [0.25, 0.3) is 0 Å². The number of hydrogen-bond donors (Lipinski definition) is 0. The Morgan fingerprint density at radius 1 is 1.35 bits per heavy atom. The maximum absolute atomic E-state index is 5.43. The quantitative estimate of drug-likeness (QED) is 0.744. The van der Waals surface area contributed by atoms with E-state index in [1.54, 1.807) is 7.11 Å². The monoisotopic (exact) mass is 362 g/mol. The second-order valence-electron chi connectivity index (χ2n) is 4.24. The van der Waals surface area contributed by atoms with Crippen LogP contribution in [-0.4, -0.2) is 20.3 Å². The molecule has 0 saturated carbocycles. The molecular weight excluding hydrogens is 348 g/mol. The van der Waals surface area contributed by atoms with Gasteiger partial charge < -0.3 is 9.47 Å². The van der Waals surface area contributed by atoms with Gasteiger partial charge in [-0.2, -0.15) is 0 Å². The lowest BCUT2D eigenvalue weighted by Crippen LogP contribution is -2.19. The summed E-state index contributed by atoms with van der Waals surface area (Å²) in [5.74, 6) is 1.56. The van der Waals surface area contributed by atoms with Gasteiger partial charge in [-0.25, -0.2) is 0 Å². The van der Waals surface area contributed by atoms with Gasteiger partial charge in [-0.3, -0.25) is 0 Å². The molecule has 1 aliphatic rings. The molecule has 1 unspecified atom stereocenters. The van der Waals surface area contributed by atoms with Crippen molar-refractivity contribution in [2.45, 2.75) is 17.7 Å². The number of benzene rings is 1. The first-order valence-corrected chi connectivity index (χ1v) is 7.48. The molecule has 1 aromatic rings. The lowest BCUT2D eigenvalue weighted by atomic mass is 9.92. The van der Waals surface area contributed by atoms with Crippen molar-refractivity contribution in [1.29, 1.82) is 0 Å². The lowest BCUT2D eigenvalue weighted by molar-refractivity contribution is 0.0660. The van der Waals surface area contributed by atoms with E-state index >= 15 is 0 Å². The van der Waals surface area contributed by atoms with Crippen molar-refractivity contribution < 1.29 is 9.47 Å². The zero-order chi connectivity index (χ0) is 12.3. The molecule has 1 aliphatic heterocycles. The minimum absolute atomic E-state index is 0.332. The third-order valence-corrected chi connectivity index (χ3v) is 4.90. The molecule has 0 amide bonds. The molecule has 1 fully saturated rings. The highest BCUT2D eigenvalue weighted by atomic mass is 79.9. The standard InChI is InChI=1S/C13H16Br2O2/c1-16-12-3-2-10(14)8-11(12)13(15)9-4-6-17-7-5-9/h2-3,8-9,13H,4-7H2,1H3. The summed E-state index contributed by atoms with van der Waals surface area (Å²) in [7, 11) is 1.72. The summed E-state index contributed by atoms with van der Waals surface area (Å²) in [6.07, 6.45) is 2.21. The zero-order valence-corrected chi connectivity index (χ0v) is 13.0. The van der Waals surface area contributed by atoms with E-state index in [-0.39, 0.29) is 0 Å². The summed E-state index contributed by atoms with van der Waals surface area (Å²) < 4.78 is 11.9. The van der Waals surface area contributed by atoms with E-state index in [4.69, 9.17) is 9.47 Å². The van der Waals surface area contributed by atoms with Crippen LogP contribution in [0.25, 0.3) is 0 Å². The fraction of sp³-hybridized carbons (Fsp3) is 0.538. The number of alkyl halides is 1. The van der Waals surface area contributed by atoms with Crippen LogP contribution in [0.3, 0.4) is 0 Å². The number of halogens is 2. The summed E-state index contributed by atoms with van der Waals surface area (Å²) in [5, 5.41) is 0. The predicted octanol–water partition coefficient (Wildman–Crippen LogP) is 4.32. The van der Waals surface area contributed by atoms with Crippen molar-refractivity contribution in [2.24, 2.45) is 5.92 Å². The summed E-state index contributed by atoms with van der Waals surface area (Å²) in [6, 6.07) is 6.15. The Labute approximate surface area is 119 Å². The van der Waals surface area contributed by atoms with Crippen LogP contribution in [0, 0.1) is 5.92 Å². The average Bonchev–Trinajstić information content (AvgIpc) is 2.39. The molecule has 0 aliphatic carbocycles. The Morgan fingerprint density at radius 3 is 2.71 bits per heavy atom. The smallest absolute Gasteiger partial charge is 0.123 e. The van der Waals surface area contributed by atoms with E-state index in [0.717, 1.165) is 36.3 Å². The van der Waals surface area contributed by atoms with E-state index in [9.17, 15) is 0 Å². The molecular formula is C13H16Br2O2. The van der Waals surface area contributed by atoms with E-state index in [0.29, 0.717) is 10.7 Å². The first kappa shape index (κ1) is 13.4. The van der Waals surface area contributed by atoms with E-state index < -0.39 is 0 Å². The summed E-state index contributed by atoms with van der Waals surface area (Å²) in [6.45, 7) is 1.73. The number of rotatable bonds is 3. The first-order valence-electron chi connectivity index (χ1n) is 5.77. The highest BCUT2D eigenvalue weighted by Gasteiger charge is 2.25. The van der Waals surface area contributed by atoms with Crippen LogP contribution in [0.2, 0.25) is 0 Å². The van der Waals surface area contributed by atoms with Crippen LogP contribution >= 0.6 is 31.9 Å². The highest BCUT2D eigenvalue weighted by molar-refractivity contribution is 9.10. The molecule has 1 heterocycles. The molecule has 94 valence electrons. The van der Waals surface area contributed by atoms with E-state index in [2.05, 4.69) is 37.9 Å². The molecule has 0 radical (unpaired) electrons. The topological polar surface area (TPSA) is 18.5 Å². The zero-order valence-electron chi connectivity index (χ0n) is 9.79. The Hall–Kier alpha value is -0.0600. The molecule has 2 nitrogen and oxygen atoms in total. The fourth-order valence-corrected chi connectivity index (χ4v) is 3.45. The van der Waals surface area contributed by atoms with Gasteiger partial charge in [-0.15, -0.1) is 0 Å². The van der Waals surface area contributed by atoms with Gasteiger partial charge in [0.2, 0.25) is 0 Å². The van der Waals surface area contributed by atoms with Gasteiger partial charge in [0, 0.05) is 28.1 Å². The molecule has 17 heavy (non-hydrogen) atoms. The number of hydrogen-bond acceptors (Lipinski definition) is 2. The third kappa shape index (κ3) is 3.24. The fourth-order valence-electron chi connectivity index (χ4n) is 2.18. The van der Waals surface area contributed by atoms with Crippen molar-refractivity contribution in [3.63, 3.8) is 0 Å². The van der Waals surface area contributed by atoms with Crippen molar-refractivity contribution in [3.8, 4) is 5.75 Å². The number of ether oxygens (including phenoxy) is 2. The van der Waals surface area contributed by atoms with Crippen LogP contribution in [0.4, 0.5) is 0 Å². The minimum Gasteiger partial charge on any atom is -0.496 e. The van der Waals surface area contributed by atoms with Crippen molar-refractivity contribution in [1.82, 2.24) is 0 Å². The Kier molecular flexibility index (Phi) is 4.88. The SMILES string of the molecule is COc1ccc(Br)cc1C(Br)C1CCOCC1. The van der Waals surface area contributed by atoms with Gasteiger partial charge in [0.05, 0.1) is 7.11 Å². The minimum atomic E-state index is 0.332. The molecule has 1 saturated heterocycles. The molecule has 4 heteroatoms. The van der Waals surface area contributed by atoms with Crippen molar-refractivity contribution >= 4 is 31.9 Å². The summed E-state index contributed by atoms with van der Waals surface area (Å²) in [5.41, 5.74) is 1.22.